The van der Waals surface area contributed by atoms with E-state index in [4.69, 9.17) is 0 Å². The Morgan fingerprint density at radius 1 is 0.897 bits per heavy atom. The van der Waals surface area contributed by atoms with Crippen LogP contribution >= 0.6 is 24.0 Å². The molecule has 0 atom stereocenters. The topological polar surface area (TPSA) is 65.5 Å². The number of carbonyl (C=O) groups is 1. The van der Waals surface area contributed by atoms with Crippen molar-refractivity contribution in [2.75, 3.05) is 20.6 Å². The number of halogens is 1. The van der Waals surface area contributed by atoms with Gasteiger partial charge in [-0.3, -0.25) is 9.79 Å². The van der Waals surface area contributed by atoms with Crippen LogP contribution in [0.5, 0.6) is 0 Å². The van der Waals surface area contributed by atoms with E-state index in [2.05, 4.69) is 63.4 Å². The monoisotopic (exact) mass is 502 g/mol. The fourth-order valence-corrected chi connectivity index (χ4v) is 3.09. The summed E-state index contributed by atoms with van der Waals surface area (Å²) in [5, 5.41) is 11.8. The van der Waals surface area contributed by atoms with Crippen molar-refractivity contribution >= 4 is 46.6 Å². The van der Waals surface area contributed by atoms with Crippen molar-refractivity contribution in [3.05, 3.63) is 83.4 Å². The van der Waals surface area contributed by atoms with Crippen molar-refractivity contribution in [2.45, 2.75) is 13.0 Å². The highest BCUT2D eigenvalue weighted by molar-refractivity contribution is 14.0. The maximum absolute atomic E-state index is 11.7. The number of carbonyl (C=O) groups excluding carboxylic acids is 1. The Labute approximate surface area is 189 Å². The van der Waals surface area contributed by atoms with E-state index in [0.29, 0.717) is 12.1 Å². The Morgan fingerprint density at radius 2 is 1.69 bits per heavy atom. The largest absolute Gasteiger partial charge is 0.356 e. The van der Waals surface area contributed by atoms with E-state index in [1.165, 1.54) is 16.3 Å². The van der Waals surface area contributed by atoms with Gasteiger partial charge < -0.3 is 16.0 Å². The van der Waals surface area contributed by atoms with Gasteiger partial charge in [0.1, 0.15) is 0 Å². The second-order valence-electron chi connectivity index (χ2n) is 6.56. The van der Waals surface area contributed by atoms with Crippen molar-refractivity contribution in [3.63, 3.8) is 0 Å². The van der Waals surface area contributed by atoms with E-state index in [1.807, 2.05) is 24.3 Å². The Kier molecular flexibility index (Phi) is 8.92. The summed E-state index contributed by atoms with van der Waals surface area (Å²) in [6.45, 7) is 1.44. The summed E-state index contributed by atoms with van der Waals surface area (Å²) in [5.74, 6) is 0.693. The zero-order chi connectivity index (χ0) is 19.8. The smallest absolute Gasteiger partial charge is 0.251 e. The number of aliphatic imine (C=N–C) groups is 1. The van der Waals surface area contributed by atoms with Crippen LogP contribution in [-0.4, -0.2) is 32.5 Å². The molecule has 152 valence electrons. The number of hydrogen-bond donors (Lipinski definition) is 3. The number of fused-ring (bicyclic) bond motifs is 1. The van der Waals surface area contributed by atoms with Crippen LogP contribution in [0.15, 0.2) is 71.7 Å². The molecule has 0 aromatic heterocycles. The average Bonchev–Trinajstić information content (AvgIpc) is 2.75. The lowest BCUT2D eigenvalue weighted by molar-refractivity contribution is 0.0963. The van der Waals surface area contributed by atoms with Crippen LogP contribution in [-0.2, 0) is 13.0 Å². The van der Waals surface area contributed by atoms with Crippen molar-refractivity contribution in [1.29, 1.82) is 0 Å². The first-order valence-electron chi connectivity index (χ1n) is 9.43. The van der Waals surface area contributed by atoms with Crippen LogP contribution in [0, 0.1) is 0 Å². The van der Waals surface area contributed by atoms with Gasteiger partial charge >= 0.3 is 0 Å². The molecule has 0 heterocycles. The molecule has 0 radical (unpaired) electrons. The summed E-state index contributed by atoms with van der Waals surface area (Å²) < 4.78 is 0. The minimum absolute atomic E-state index is 0. The highest BCUT2D eigenvalue weighted by Gasteiger charge is 2.04. The molecule has 3 rings (SSSR count). The fraction of sp³-hybridized carbons (Fsp3) is 0.217. The van der Waals surface area contributed by atoms with E-state index in [9.17, 15) is 4.79 Å². The van der Waals surface area contributed by atoms with Gasteiger partial charge in [-0.05, 0) is 46.5 Å². The Morgan fingerprint density at radius 3 is 2.45 bits per heavy atom. The van der Waals surface area contributed by atoms with E-state index in [0.717, 1.165) is 24.5 Å². The van der Waals surface area contributed by atoms with E-state index in [1.54, 1.807) is 14.1 Å². The molecule has 0 bridgehead atoms. The minimum Gasteiger partial charge on any atom is -0.356 e. The molecule has 0 spiro atoms. The van der Waals surface area contributed by atoms with Crippen LogP contribution in [0.4, 0.5) is 0 Å². The summed E-state index contributed by atoms with van der Waals surface area (Å²) >= 11 is 0. The molecule has 0 saturated heterocycles. The molecule has 29 heavy (non-hydrogen) atoms. The molecule has 0 aliphatic carbocycles. The molecule has 0 unspecified atom stereocenters. The maximum Gasteiger partial charge on any atom is 0.251 e. The number of rotatable bonds is 6. The zero-order valence-electron chi connectivity index (χ0n) is 16.7. The van der Waals surface area contributed by atoms with Gasteiger partial charge in [-0.25, -0.2) is 0 Å². The Bertz CT molecular complexity index is 987. The third kappa shape index (κ3) is 6.45. The summed E-state index contributed by atoms with van der Waals surface area (Å²) in [6, 6.07) is 22.5. The van der Waals surface area contributed by atoms with Gasteiger partial charge in [-0.2, -0.15) is 0 Å². The van der Waals surface area contributed by atoms with Gasteiger partial charge in [0.05, 0.1) is 0 Å². The molecule has 0 aliphatic rings. The first-order valence-corrected chi connectivity index (χ1v) is 9.43. The first kappa shape index (κ1) is 22.7. The van der Waals surface area contributed by atoms with Crippen molar-refractivity contribution in [3.8, 4) is 0 Å². The van der Waals surface area contributed by atoms with Gasteiger partial charge in [0.2, 0.25) is 0 Å². The molecule has 0 fully saturated rings. The quantitative estimate of drug-likeness (QED) is 0.274. The number of hydrogen-bond acceptors (Lipinski definition) is 2. The summed E-state index contributed by atoms with van der Waals surface area (Å²) in [4.78, 5) is 16.0. The molecule has 1 amide bonds. The fourth-order valence-electron chi connectivity index (χ4n) is 3.09. The molecular weight excluding hydrogens is 475 g/mol. The van der Waals surface area contributed by atoms with Crippen molar-refractivity contribution in [2.24, 2.45) is 4.99 Å². The van der Waals surface area contributed by atoms with Crippen LogP contribution in [0.1, 0.15) is 21.5 Å². The average molecular weight is 502 g/mol. The summed E-state index contributed by atoms with van der Waals surface area (Å²) in [6.07, 6.45) is 0.807. The second-order valence-corrected chi connectivity index (χ2v) is 6.56. The number of nitrogens with zero attached hydrogens (tertiary/aromatic N) is 1. The number of benzene rings is 3. The molecule has 3 N–H and O–H groups in total. The predicted octanol–water partition coefficient (Wildman–Crippen LogP) is 3.73. The first-order chi connectivity index (χ1) is 13.7. The summed E-state index contributed by atoms with van der Waals surface area (Å²) in [7, 11) is 3.41. The zero-order valence-corrected chi connectivity index (χ0v) is 19.1. The molecule has 6 heteroatoms. The molecule has 0 aliphatic heterocycles. The van der Waals surface area contributed by atoms with Gasteiger partial charge in [0.15, 0.2) is 5.96 Å². The normalized spacial score (nSPS) is 10.9. The summed E-state index contributed by atoms with van der Waals surface area (Å²) in [5.41, 5.74) is 3.00. The lowest BCUT2D eigenvalue weighted by Crippen LogP contribution is -2.37. The van der Waals surface area contributed by atoms with Gasteiger partial charge in [-0.15, -0.1) is 24.0 Å². The van der Waals surface area contributed by atoms with Crippen molar-refractivity contribution < 1.29 is 4.79 Å². The Hall–Kier alpha value is -2.61. The number of guanidine groups is 1. The third-order valence-electron chi connectivity index (χ3n) is 4.62. The van der Waals surface area contributed by atoms with Crippen molar-refractivity contribution in [1.82, 2.24) is 16.0 Å². The molecule has 0 saturated carbocycles. The SMILES string of the molecule is CN=C(NCCc1cccc(C(=O)NC)c1)NCc1ccc2ccccc2c1.I. The van der Waals surface area contributed by atoms with E-state index in [-0.39, 0.29) is 29.9 Å². The lowest BCUT2D eigenvalue weighted by atomic mass is 10.1. The highest BCUT2D eigenvalue weighted by Crippen LogP contribution is 2.15. The van der Waals surface area contributed by atoms with Gasteiger partial charge in [-0.1, -0.05) is 48.5 Å². The van der Waals surface area contributed by atoms with Crippen LogP contribution in [0.25, 0.3) is 10.8 Å². The predicted molar refractivity (Wildman–Crippen MR) is 131 cm³/mol. The molecular formula is C23H27IN4O. The molecule has 3 aromatic carbocycles. The molecule has 5 nitrogen and oxygen atoms in total. The Balaban J connectivity index is 0.00000300. The number of nitrogens with one attached hydrogen (secondary N) is 3. The molecule has 3 aromatic rings. The maximum atomic E-state index is 11.7. The highest BCUT2D eigenvalue weighted by atomic mass is 127. The van der Waals surface area contributed by atoms with Crippen LogP contribution < -0.4 is 16.0 Å². The third-order valence-corrected chi connectivity index (χ3v) is 4.62. The van der Waals surface area contributed by atoms with E-state index < -0.39 is 0 Å². The van der Waals surface area contributed by atoms with Gasteiger partial charge in [0, 0.05) is 32.7 Å². The standard InChI is InChI=1S/C23H26N4O.HI/c1-24-22(28)21-9-5-6-17(14-21)12-13-26-23(25-2)27-16-18-10-11-19-7-3-4-8-20(19)15-18;/h3-11,14-15H,12-13,16H2,1-2H3,(H,24,28)(H2,25,26,27);1H. The van der Waals surface area contributed by atoms with Gasteiger partial charge in [0.25, 0.3) is 5.91 Å². The second kappa shape index (κ2) is 11.4. The van der Waals surface area contributed by atoms with Crippen LogP contribution in [0.2, 0.25) is 0 Å². The minimum atomic E-state index is -0.0670. The van der Waals surface area contributed by atoms with E-state index >= 15 is 0 Å². The number of amides is 1. The van der Waals surface area contributed by atoms with Crippen LogP contribution in [0.3, 0.4) is 0 Å². The lowest BCUT2D eigenvalue weighted by Gasteiger charge is -2.13.